The van der Waals surface area contributed by atoms with Crippen molar-refractivity contribution in [3.63, 3.8) is 0 Å². The van der Waals surface area contributed by atoms with Crippen LogP contribution in [-0.2, 0) is 6.42 Å². The fraction of sp³-hybridized carbons (Fsp3) is 0.429. The van der Waals surface area contributed by atoms with Gasteiger partial charge in [0.25, 0.3) is 0 Å². The van der Waals surface area contributed by atoms with Gasteiger partial charge in [0.2, 0.25) is 0 Å². The largest absolute Gasteiger partial charge is 0.357 e. The van der Waals surface area contributed by atoms with Crippen molar-refractivity contribution < 1.29 is 0 Å². The number of aliphatic imine (C=N–C) groups is 1. The number of benzene rings is 1. The van der Waals surface area contributed by atoms with Gasteiger partial charge in [-0.3, -0.25) is 9.98 Å². The third kappa shape index (κ3) is 6.57. The summed E-state index contributed by atoms with van der Waals surface area (Å²) in [6.45, 7) is 9.06. The van der Waals surface area contributed by atoms with Crippen molar-refractivity contribution in [3.8, 4) is 0 Å². The quantitative estimate of drug-likeness (QED) is 0.571. The predicted molar refractivity (Wildman–Crippen MR) is 106 cm³/mol. The lowest BCUT2D eigenvalue weighted by molar-refractivity contribution is 0.505. The van der Waals surface area contributed by atoms with Gasteiger partial charge in [-0.2, -0.15) is 0 Å². The van der Waals surface area contributed by atoms with Crippen molar-refractivity contribution >= 4 is 5.96 Å². The lowest BCUT2D eigenvalue weighted by atomic mass is 9.88. The van der Waals surface area contributed by atoms with Crippen LogP contribution in [0.25, 0.3) is 0 Å². The molecule has 4 nitrogen and oxygen atoms in total. The fourth-order valence-electron chi connectivity index (χ4n) is 2.79. The van der Waals surface area contributed by atoms with E-state index in [9.17, 15) is 0 Å². The summed E-state index contributed by atoms with van der Waals surface area (Å²) in [7, 11) is 0. The Kier molecular flexibility index (Phi) is 7.96. The van der Waals surface area contributed by atoms with Gasteiger partial charge in [-0.15, -0.1) is 0 Å². The highest BCUT2D eigenvalue weighted by Gasteiger charge is 2.15. The summed E-state index contributed by atoms with van der Waals surface area (Å²) in [5.41, 5.74) is 2.45. The second-order valence-corrected chi connectivity index (χ2v) is 6.48. The normalized spacial score (nSPS) is 12.9. The zero-order chi connectivity index (χ0) is 17.9. The van der Waals surface area contributed by atoms with Gasteiger partial charge in [-0.1, -0.05) is 50.2 Å². The van der Waals surface area contributed by atoms with Gasteiger partial charge in [0, 0.05) is 43.9 Å². The fourth-order valence-corrected chi connectivity index (χ4v) is 2.79. The van der Waals surface area contributed by atoms with Crippen molar-refractivity contribution in [1.82, 2.24) is 15.6 Å². The van der Waals surface area contributed by atoms with Gasteiger partial charge in [0.15, 0.2) is 5.96 Å². The molecule has 2 aromatic rings. The highest BCUT2D eigenvalue weighted by Crippen LogP contribution is 2.24. The molecular formula is C21H30N4. The standard InChI is InChI=1S/C21H30N4/c1-4-22-21(24-15-13-19-12-8-9-14-23-19)25-16-20(17(2)3)18-10-6-5-7-11-18/h5-12,14,17,20H,4,13,15-16H2,1-3H3,(H2,22,24,25). The van der Waals surface area contributed by atoms with E-state index in [-0.39, 0.29) is 0 Å². The number of nitrogens with one attached hydrogen (secondary N) is 2. The van der Waals surface area contributed by atoms with E-state index >= 15 is 0 Å². The average molecular weight is 338 g/mol. The van der Waals surface area contributed by atoms with E-state index < -0.39 is 0 Å². The summed E-state index contributed by atoms with van der Waals surface area (Å²) in [5, 5.41) is 6.75. The summed E-state index contributed by atoms with van der Waals surface area (Å²) < 4.78 is 0. The van der Waals surface area contributed by atoms with Crippen LogP contribution in [0.3, 0.4) is 0 Å². The third-order valence-electron chi connectivity index (χ3n) is 4.22. The van der Waals surface area contributed by atoms with Crippen molar-refractivity contribution in [1.29, 1.82) is 0 Å². The zero-order valence-electron chi connectivity index (χ0n) is 15.6. The molecule has 0 aliphatic rings. The van der Waals surface area contributed by atoms with Crippen LogP contribution < -0.4 is 10.6 Å². The van der Waals surface area contributed by atoms with Crippen molar-refractivity contribution in [3.05, 3.63) is 66.0 Å². The molecule has 0 saturated heterocycles. The molecule has 0 bridgehead atoms. The van der Waals surface area contributed by atoms with E-state index in [4.69, 9.17) is 4.99 Å². The molecule has 1 aromatic heterocycles. The minimum atomic E-state index is 0.424. The molecule has 0 aliphatic carbocycles. The van der Waals surface area contributed by atoms with Gasteiger partial charge in [0.05, 0.1) is 0 Å². The van der Waals surface area contributed by atoms with Crippen LogP contribution >= 0.6 is 0 Å². The summed E-state index contributed by atoms with van der Waals surface area (Å²) in [4.78, 5) is 9.18. The zero-order valence-corrected chi connectivity index (χ0v) is 15.6. The van der Waals surface area contributed by atoms with Crippen LogP contribution in [0.15, 0.2) is 59.7 Å². The predicted octanol–water partition coefficient (Wildman–Crippen LogP) is 3.62. The van der Waals surface area contributed by atoms with E-state index in [0.29, 0.717) is 11.8 Å². The van der Waals surface area contributed by atoms with Crippen LogP contribution in [0.1, 0.15) is 37.9 Å². The topological polar surface area (TPSA) is 49.3 Å². The molecule has 0 fully saturated rings. The second kappa shape index (κ2) is 10.5. The molecule has 4 heteroatoms. The minimum Gasteiger partial charge on any atom is -0.357 e. The van der Waals surface area contributed by atoms with Crippen molar-refractivity contribution in [2.75, 3.05) is 19.6 Å². The van der Waals surface area contributed by atoms with Crippen molar-refractivity contribution in [2.45, 2.75) is 33.1 Å². The van der Waals surface area contributed by atoms with E-state index in [2.05, 4.69) is 72.8 Å². The Bertz CT molecular complexity index is 623. The Labute approximate surface area is 151 Å². The Balaban J connectivity index is 1.95. The Morgan fingerprint density at radius 2 is 1.80 bits per heavy atom. The van der Waals surface area contributed by atoms with Crippen LogP contribution in [0, 0.1) is 5.92 Å². The summed E-state index contributed by atoms with van der Waals surface area (Å²) in [6, 6.07) is 16.7. The van der Waals surface area contributed by atoms with Gasteiger partial charge in [0.1, 0.15) is 0 Å². The molecule has 2 N–H and O–H groups in total. The average Bonchev–Trinajstić information content (AvgIpc) is 2.63. The van der Waals surface area contributed by atoms with Crippen molar-refractivity contribution in [2.24, 2.45) is 10.9 Å². The Morgan fingerprint density at radius 1 is 1.04 bits per heavy atom. The van der Waals surface area contributed by atoms with Crippen LogP contribution in [0.4, 0.5) is 0 Å². The molecule has 0 spiro atoms. The molecule has 0 aliphatic heterocycles. The summed E-state index contributed by atoms with van der Waals surface area (Å²) in [5.74, 6) is 1.84. The Morgan fingerprint density at radius 3 is 2.44 bits per heavy atom. The molecule has 0 saturated carbocycles. The number of aromatic nitrogens is 1. The number of hydrogen-bond donors (Lipinski definition) is 2. The first-order valence-corrected chi connectivity index (χ1v) is 9.17. The van der Waals surface area contributed by atoms with Crippen LogP contribution in [0.5, 0.6) is 0 Å². The molecule has 1 atom stereocenters. The lowest BCUT2D eigenvalue weighted by Gasteiger charge is -2.20. The smallest absolute Gasteiger partial charge is 0.191 e. The maximum absolute atomic E-state index is 4.82. The first-order valence-electron chi connectivity index (χ1n) is 9.17. The van der Waals surface area contributed by atoms with E-state index in [1.54, 1.807) is 0 Å². The molecule has 1 heterocycles. The van der Waals surface area contributed by atoms with Gasteiger partial charge >= 0.3 is 0 Å². The second-order valence-electron chi connectivity index (χ2n) is 6.48. The SMILES string of the molecule is CCNC(=NCC(c1ccccc1)C(C)C)NCCc1ccccn1. The van der Waals surface area contributed by atoms with E-state index in [1.165, 1.54) is 5.56 Å². The van der Waals surface area contributed by atoms with Gasteiger partial charge < -0.3 is 10.6 Å². The number of guanidine groups is 1. The monoisotopic (exact) mass is 338 g/mol. The number of hydrogen-bond acceptors (Lipinski definition) is 2. The summed E-state index contributed by atoms with van der Waals surface area (Å²) in [6.07, 6.45) is 2.72. The van der Waals surface area contributed by atoms with E-state index in [1.807, 2.05) is 18.3 Å². The highest BCUT2D eigenvalue weighted by molar-refractivity contribution is 5.79. The first kappa shape index (κ1) is 19.0. The molecule has 134 valence electrons. The molecular weight excluding hydrogens is 308 g/mol. The van der Waals surface area contributed by atoms with Crippen LogP contribution in [0.2, 0.25) is 0 Å². The van der Waals surface area contributed by atoms with Crippen LogP contribution in [-0.4, -0.2) is 30.6 Å². The maximum atomic E-state index is 4.82. The first-order chi connectivity index (χ1) is 12.2. The number of rotatable bonds is 8. The number of nitrogens with zero attached hydrogens (tertiary/aromatic N) is 2. The lowest BCUT2D eigenvalue weighted by Crippen LogP contribution is -2.38. The highest BCUT2D eigenvalue weighted by atomic mass is 15.2. The molecule has 25 heavy (non-hydrogen) atoms. The third-order valence-corrected chi connectivity index (χ3v) is 4.22. The molecule has 0 amide bonds. The Hall–Kier alpha value is -2.36. The number of pyridine rings is 1. The molecule has 0 radical (unpaired) electrons. The summed E-state index contributed by atoms with van der Waals surface area (Å²) >= 11 is 0. The van der Waals surface area contributed by atoms with Gasteiger partial charge in [-0.05, 0) is 30.5 Å². The molecule has 1 unspecified atom stereocenters. The van der Waals surface area contributed by atoms with Gasteiger partial charge in [-0.25, -0.2) is 0 Å². The molecule has 2 rings (SSSR count). The minimum absolute atomic E-state index is 0.424. The maximum Gasteiger partial charge on any atom is 0.191 e. The van der Waals surface area contributed by atoms with E-state index in [0.717, 1.165) is 37.7 Å². The molecule has 1 aromatic carbocycles.